The SMILES string of the molecule is CC(=O)N1C[C@H](C(=O)O)[C@@H](C)C1. The summed E-state index contributed by atoms with van der Waals surface area (Å²) in [5, 5.41) is 8.75. The number of carboxylic acid groups (broad SMARTS) is 1. The summed E-state index contributed by atoms with van der Waals surface area (Å²) in [6.45, 7) is 4.27. The molecule has 1 aliphatic rings. The van der Waals surface area contributed by atoms with Crippen LogP contribution >= 0.6 is 0 Å². The zero-order valence-corrected chi connectivity index (χ0v) is 7.28. The fourth-order valence-corrected chi connectivity index (χ4v) is 1.55. The second-order valence-electron chi connectivity index (χ2n) is 3.35. The van der Waals surface area contributed by atoms with Gasteiger partial charge in [-0.1, -0.05) is 6.92 Å². The van der Waals surface area contributed by atoms with Crippen molar-refractivity contribution in [3.63, 3.8) is 0 Å². The molecule has 0 aromatic heterocycles. The fraction of sp³-hybridized carbons (Fsp3) is 0.750. The molecule has 0 unspecified atom stereocenters. The van der Waals surface area contributed by atoms with Gasteiger partial charge in [-0.2, -0.15) is 0 Å². The van der Waals surface area contributed by atoms with Crippen LogP contribution in [0.25, 0.3) is 0 Å². The van der Waals surface area contributed by atoms with E-state index in [9.17, 15) is 9.59 Å². The maximum absolute atomic E-state index is 10.9. The third-order valence-corrected chi connectivity index (χ3v) is 2.37. The molecule has 2 atom stereocenters. The molecule has 0 aromatic carbocycles. The van der Waals surface area contributed by atoms with E-state index in [1.165, 1.54) is 6.92 Å². The molecule has 0 saturated carbocycles. The highest BCUT2D eigenvalue weighted by Crippen LogP contribution is 2.22. The summed E-state index contributed by atoms with van der Waals surface area (Å²) in [5.74, 6) is -1.14. The third kappa shape index (κ3) is 1.57. The molecular weight excluding hydrogens is 158 g/mol. The lowest BCUT2D eigenvalue weighted by molar-refractivity contribution is -0.142. The molecule has 4 heteroatoms. The first-order valence-corrected chi connectivity index (χ1v) is 4.00. The molecule has 0 aliphatic carbocycles. The molecule has 1 N–H and O–H groups in total. The highest BCUT2D eigenvalue weighted by Gasteiger charge is 2.35. The maximum atomic E-state index is 10.9. The van der Waals surface area contributed by atoms with Gasteiger partial charge in [0.05, 0.1) is 5.92 Å². The number of carbonyl (C=O) groups excluding carboxylic acids is 1. The molecule has 68 valence electrons. The van der Waals surface area contributed by atoms with Gasteiger partial charge in [0.15, 0.2) is 0 Å². The van der Waals surface area contributed by atoms with E-state index in [0.29, 0.717) is 13.1 Å². The van der Waals surface area contributed by atoms with Crippen molar-refractivity contribution in [2.24, 2.45) is 11.8 Å². The van der Waals surface area contributed by atoms with Crippen LogP contribution in [0.4, 0.5) is 0 Å². The molecule has 1 aliphatic heterocycles. The molecule has 0 spiro atoms. The van der Waals surface area contributed by atoms with Crippen LogP contribution in [-0.2, 0) is 9.59 Å². The highest BCUT2D eigenvalue weighted by molar-refractivity contribution is 5.77. The smallest absolute Gasteiger partial charge is 0.308 e. The van der Waals surface area contributed by atoms with Gasteiger partial charge >= 0.3 is 5.97 Å². The average Bonchev–Trinajstić information content (AvgIpc) is 2.30. The van der Waals surface area contributed by atoms with Crippen molar-refractivity contribution in [3.8, 4) is 0 Å². The summed E-state index contributed by atoms with van der Waals surface area (Å²) in [6.07, 6.45) is 0. The van der Waals surface area contributed by atoms with Crippen molar-refractivity contribution >= 4 is 11.9 Å². The first-order valence-electron chi connectivity index (χ1n) is 4.00. The number of amides is 1. The van der Waals surface area contributed by atoms with Crippen molar-refractivity contribution in [3.05, 3.63) is 0 Å². The summed E-state index contributed by atoms with van der Waals surface area (Å²) in [5.41, 5.74) is 0. The molecule has 4 nitrogen and oxygen atoms in total. The molecule has 0 bridgehead atoms. The van der Waals surface area contributed by atoms with E-state index in [0.717, 1.165) is 0 Å². The van der Waals surface area contributed by atoms with Crippen LogP contribution in [0.15, 0.2) is 0 Å². The molecule has 0 aromatic rings. The van der Waals surface area contributed by atoms with Crippen LogP contribution in [0.3, 0.4) is 0 Å². The molecule has 0 radical (unpaired) electrons. The third-order valence-electron chi connectivity index (χ3n) is 2.37. The van der Waals surface area contributed by atoms with Gasteiger partial charge in [0, 0.05) is 20.0 Å². The van der Waals surface area contributed by atoms with E-state index in [-0.39, 0.29) is 17.7 Å². The lowest BCUT2D eigenvalue weighted by atomic mass is 9.99. The summed E-state index contributed by atoms with van der Waals surface area (Å²) >= 11 is 0. The van der Waals surface area contributed by atoms with Crippen molar-refractivity contribution in [1.82, 2.24) is 4.90 Å². The summed E-state index contributed by atoms with van der Waals surface area (Å²) in [7, 11) is 0. The summed E-state index contributed by atoms with van der Waals surface area (Å²) in [4.78, 5) is 23.1. The van der Waals surface area contributed by atoms with Gasteiger partial charge in [-0.05, 0) is 5.92 Å². The number of carbonyl (C=O) groups is 2. The van der Waals surface area contributed by atoms with E-state index in [1.54, 1.807) is 4.90 Å². The Hall–Kier alpha value is -1.06. The van der Waals surface area contributed by atoms with E-state index in [2.05, 4.69) is 0 Å². The fourth-order valence-electron chi connectivity index (χ4n) is 1.55. The van der Waals surface area contributed by atoms with Gasteiger partial charge in [-0.25, -0.2) is 0 Å². The largest absolute Gasteiger partial charge is 0.481 e. The first-order chi connectivity index (χ1) is 5.52. The Morgan fingerprint density at radius 3 is 2.25 bits per heavy atom. The zero-order valence-electron chi connectivity index (χ0n) is 7.28. The lowest BCUT2D eigenvalue weighted by Gasteiger charge is -2.11. The Bertz CT molecular complexity index is 214. The normalized spacial score (nSPS) is 29.0. The monoisotopic (exact) mass is 171 g/mol. The van der Waals surface area contributed by atoms with Crippen LogP contribution in [0.1, 0.15) is 13.8 Å². The summed E-state index contributed by atoms with van der Waals surface area (Å²) < 4.78 is 0. The topological polar surface area (TPSA) is 57.6 Å². The van der Waals surface area contributed by atoms with E-state index in [4.69, 9.17) is 5.11 Å². The Labute approximate surface area is 71.2 Å². The lowest BCUT2D eigenvalue weighted by Crippen LogP contribution is -2.27. The van der Waals surface area contributed by atoms with Crippen LogP contribution in [0, 0.1) is 11.8 Å². The number of carboxylic acids is 1. The molecule has 1 rings (SSSR count). The first kappa shape index (κ1) is 9.03. The second-order valence-corrected chi connectivity index (χ2v) is 3.35. The minimum absolute atomic E-state index is 0.0365. The Morgan fingerprint density at radius 1 is 1.42 bits per heavy atom. The number of nitrogens with zero attached hydrogens (tertiary/aromatic N) is 1. The number of aliphatic carboxylic acids is 1. The van der Waals surface area contributed by atoms with Gasteiger partial charge < -0.3 is 10.0 Å². The summed E-state index contributed by atoms with van der Waals surface area (Å²) in [6, 6.07) is 0. The van der Waals surface area contributed by atoms with Crippen LogP contribution in [0.5, 0.6) is 0 Å². The highest BCUT2D eigenvalue weighted by atomic mass is 16.4. The molecule has 12 heavy (non-hydrogen) atoms. The van der Waals surface area contributed by atoms with Crippen LogP contribution in [-0.4, -0.2) is 35.0 Å². The number of likely N-dealkylation sites (tertiary alicyclic amines) is 1. The van der Waals surface area contributed by atoms with E-state index >= 15 is 0 Å². The predicted octanol–water partition coefficient (Wildman–Crippen LogP) is 0.185. The number of hydrogen-bond donors (Lipinski definition) is 1. The van der Waals surface area contributed by atoms with Crippen molar-refractivity contribution in [1.29, 1.82) is 0 Å². The van der Waals surface area contributed by atoms with Crippen molar-refractivity contribution in [2.75, 3.05) is 13.1 Å². The van der Waals surface area contributed by atoms with Gasteiger partial charge in [-0.3, -0.25) is 9.59 Å². The predicted molar refractivity (Wildman–Crippen MR) is 42.5 cm³/mol. The van der Waals surface area contributed by atoms with E-state index in [1.807, 2.05) is 6.92 Å². The molecule has 1 amide bonds. The standard InChI is InChI=1S/C8H13NO3/c1-5-3-9(6(2)10)4-7(5)8(11)12/h5,7H,3-4H2,1-2H3,(H,11,12)/t5-,7-/m0/s1. The van der Waals surface area contributed by atoms with Gasteiger partial charge in [-0.15, -0.1) is 0 Å². The molecular formula is C8H13NO3. The maximum Gasteiger partial charge on any atom is 0.308 e. The molecule has 1 saturated heterocycles. The van der Waals surface area contributed by atoms with Crippen LogP contribution in [0.2, 0.25) is 0 Å². The Balaban J connectivity index is 2.62. The average molecular weight is 171 g/mol. The van der Waals surface area contributed by atoms with Gasteiger partial charge in [0.25, 0.3) is 0 Å². The van der Waals surface area contributed by atoms with Crippen molar-refractivity contribution < 1.29 is 14.7 Å². The minimum atomic E-state index is -0.800. The Kier molecular flexibility index (Phi) is 2.35. The van der Waals surface area contributed by atoms with Crippen molar-refractivity contribution in [2.45, 2.75) is 13.8 Å². The second kappa shape index (κ2) is 3.13. The number of hydrogen-bond acceptors (Lipinski definition) is 2. The van der Waals surface area contributed by atoms with Gasteiger partial charge in [0.2, 0.25) is 5.91 Å². The van der Waals surface area contributed by atoms with Gasteiger partial charge in [0.1, 0.15) is 0 Å². The quantitative estimate of drug-likeness (QED) is 0.612. The zero-order chi connectivity index (χ0) is 9.30. The Morgan fingerprint density at radius 2 is 2.00 bits per heavy atom. The molecule has 1 fully saturated rings. The number of rotatable bonds is 1. The molecule has 1 heterocycles. The van der Waals surface area contributed by atoms with E-state index < -0.39 is 5.97 Å². The van der Waals surface area contributed by atoms with Crippen LogP contribution < -0.4 is 0 Å². The minimum Gasteiger partial charge on any atom is -0.481 e.